The molecule has 1 N–H and O–H groups in total. The predicted octanol–water partition coefficient (Wildman–Crippen LogP) is 5.14. The quantitative estimate of drug-likeness (QED) is 0.527. The molecule has 0 aromatic heterocycles. The van der Waals surface area contributed by atoms with Crippen LogP contribution < -0.4 is 10.1 Å². The van der Waals surface area contributed by atoms with Gasteiger partial charge in [-0.2, -0.15) is 0 Å². The third-order valence-corrected chi connectivity index (χ3v) is 4.75. The minimum absolute atomic E-state index is 0.00983. The van der Waals surface area contributed by atoms with Crippen molar-refractivity contribution < 1.29 is 9.53 Å². The Morgan fingerprint density at radius 2 is 1.83 bits per heavy atom. The molecule has 0 aliphatic heterocycles. The largest absolute Gasteiger partial charge is 0.484 e. The van der Waals surface area contributed by atoms with Gasteiger partial charge in [-0.25, -0.2) is 0 Å². The van der Waals surface area contributed by atoms with Crippen molar-refractivity contribution >= 4 is 29.4 Å². The average molecular weight is 407 g/mol. The number of rotatable bonds is 8. The molecule has 29 heavy (non-hydrogen) atoms. The van der Waals surface area contributed by atoms with Crippen LogP contribution in [0.25, 0.3) is 0 Å². The van der Waals surface area contributed by atoms with Gasteiger partial charge < -0.3 is 10.1 Å². The minimum Gasteiger partial charge on any atom is -0.484 e. The fourth-order valence-corrected chi connectivity index (χ4v) is 2.83. The second-order valence-corrected chi connectivity index (χ2v) is 7.04. The van der Waals surface area contributed by atoms with Gasteiger partial charge in [0.1, 0.15) is 5.75 Å². The normalized spacial score (nSPS) is 10.8. The SMILES string of the molecule is Cc1ccc(N=Cc2ccc(OCC(=O)NCCc3ccccc3)cc2)cc1Cl. The van der Waals surface area contributed by atoms with Crippen LogP contribution in [-0.2, 0) is 11.2 Å². The van der Waals surface area contributed by atoms with E-state index in [0.717, 1.165) is 23.2 Å². The van der Waals surface area contributed by atoms with Crippen molar-refractivity contribution in [3.8, 4) is 5.75 Å². The van der Waals surface area contributed by atoms with Gasteiger partial charge in [0.25, 0.3) is 5.91 Å². The van der Waals surface area contributed by atoms with Crippen molar-refractivity contribution in [3.63, 3.8) is 0 Å². The van der Waals surface area contributed by atoms with Gasteiger partial charge in [-0.3, -0.25) is 9.79 Å². The monoisotopic (exact) mass is 406 g/mol. The van der Waals surface area contributed by atoms with Crippen LogP contribution in [0, 0.1) is 6.92 Å². The molecule has 0 heterocycles. The molecule has 1 amide bonds. The van der Waals surface area contributed by atoms with E-state index in [0.29, 0.717) is 17.3 Å². The first-order valence-corrected chi connectivity index (χ1v) is 9.82. The number of nitrogens with zero attached hydrogens (tertiary/aromatic N) is 1. The van der Waals surface area contributed by atoms with Crippen LogP contribution in [0.2, 0.25) is 5.02 Å². The fourth-order valence-electron chi connectivity index (χ4n) is 2.65. The number of aryl methyl sites for hydroxylation is 1. The molecular formula is C24H23ClN2O2. The highest BCUT2D eigenvalue weighted by atomic mass is 35.5. The van der Waals surface area contributed by atoms with Gasteiger partial charge in [0.2, 0.25) is 0 Å². The average Bonchev–Trinajstić information content (AvgIpc) is 2.74. The van der Waals surface area contributed by atoms with E-state index in [1.54, 1.807) is 6.21 Å². The lowest BCUT2D eigenvalue weighted by molar-refractivity contribution is -0.123. The maximum absolute atomic E-state index is 11.9. The first kappa shape index (κ1) is 20.6. The van der Waals surface area contributed by atoms with Crippen molar-refractivity contribution in [1.29, 1.82) is 0 Å². The maximum atomic E-state index is 11.9. The smallest absolute Gasteiger partial charge is 0.257 e. The zero-order chi connectivity index (χ0) is 20.5. The first-order chi connectivity index (χ1) is 14.1. The molecule has 5 heteroatoms. The fraction of sp³-hybridized carbons (Fsp3) is 0.167. The molecule has 0 atom stereocenters. The Labute approximate surface area is 176 Å². The van der Waals surface area contributed by atoms with Gasteiger partial charge in [-0.15, -0.1) is 0 Å². The van der Waals surface area contributed by atoms with Gasteiger partial charge in [0.15, 0.2) is 6.61 Å². The van der Waals surface area contributed by atoms with Crippen LogP contribution in [-0.4, -0.2) is 25.3 Å². The molecular weight excluding hydrogens is 384 g/mol. The number of hydrogen-bond acceptors (Lipinski definition) is 3. The van der Waals surface area contributed by atoms with Gasteiger partial charge >= 0.3 is 0 Å². The highest BCUT2D eigenvalue weighted by molar-refractivity contribution is 6.31. The molecule has 0 aliphatic carbocycles. The molecule has 3 aromatic rings. The van der Waals surface area contributed by atoms with Crippen molar-refractivity contribution in [2.24, 2.45) is 4.99 Å². The molecule has 0 unspecified atom stereocenters. The highest BCUT2D eigenvalue weighted by Crippen LogP contribution is 2.22. The van der Waals surface area contributed by atoms with Gasteiger partial charge in [-0.05, 0) is 66.4 Å². The molecule has 3 aromatic carbocycles. The Morgan fingerprint density at radius 3 is 2.55 bits per heavy atom. The van der Waals surface area contributed by atoms with Crippen LogP contribution in [0.3, 0.4) is 0 Å². The molecule has 0 saturated heterocycles. The number of benzene rings is 3. The summed E-state index contributed by atoms with van der Waals surface area (Å²) in [7, 11) is 0. The Balaban J connectivity index is 1.43. The van der Waals surface area contributed by atoms with Gasteiger partial charge in [-0.1, -0.05) is 48.0 Å². The zero-order valence-electron chi connectivity index (χ0n) is 16.3. The predicted molar refractivity (Wildman–Crippen MR) is 119 cm³/mol. The third-order valence-electron chi connectivity index (χ3n) is 4.35. The summed E-state index contributed by atoms with van der Waals surface area (Å²) in [6.45, 7) is 2.53. The number of hydrogen-bond donors (Lipinski definition) is 1. The second-order valence-electron chi connectivity index (χ2n) is 6.63. The summed E-state index contributed by atoms with van der Waals surface area (Å²) in [6, 6.07) is 23.2. The van der Waals surface area contributed by atoms with Crippen LogP contribution in [0.4, 0.5) is 5.69 Å². The van der Waals surface area contributed by atoms with Crippen LogP contribution in [0.15, 0.2) is 77.8 Å². The first-order valence-electron chi connectivity index (χ1n) is 9.44. The standard InChI is InChI=1S/C24H23ClN2O2/c1-18-7-10-21(15-23(18)25)27-16-20-8-11-22(12-9-20)29-17-24(28)26-14-13-19-5-3-2-4-6-19/h2-12,15-16H,13-14,17H2,1H3,(H,26,28). The molecule has 4 nitrogen and oxygen atoms in total. The number of carbonyl (C=O) groups excluding carboxylic acids is 1. The zero-order valence-corrected chi connectivity index (χ0v) is 17.0. The molecule has 0 saturated carbocycles. The molecule has 0 spiro atoms. The number of carbonyl (C=O) groups is 1. The number of aliphatic imine (C=N–C) groups is 1. The summed E-state index contributed by atoms with van der Waals surface area (Å²) in [5.74, 6) is 0.501. The highest BCUT2D eigenvalue weighted by Gasteiger charge is 2.03. The number of ether oxygens (including phenoxy) is 1. The Morgan fingerprint density at radius 1 is 1.07 bits per heavy atom. The Hall–Kier alpha value is -3.11. The summed E-state index contributed by atoms with van der Waals surface area (Å²) in [5, 5.41) is 3.56. The summed E-state index contributed by atoms with van der Waals surface area (Å²) in [5.41, 5.74) is 3.95. The molecule has 0 bridgehead atoms. The second kappa shape index (κ2) is 10.4. The van der Waals surface area contributed by atoms with Crippen LogP contribution in [0.5, 0.6) is 5.75 Å². The molecule has 0 aliphatic rings. The number of amides is 1. The van der Waals surface area contributed by atoms with E-state index in [9.17, 15) is 4.79 Å². The lowest BCUT2D eigenvalue weighted by atomic mass is 10.1. The van der Waals surface area contributed by atoms with E-state index in [4.69, 9.17) is 16.3 Å². The Kier molecular flexibility index (Phi) is 7.42. The Bertz CT molecular complexity index is 970. The lowest BCUT2D eigenvalue weighted by Gasteiger charge is -2.08. The van der Waals surface area contributed by atoms with Crippen LogP contribution >= 0.6 is 11.6 Å². The lowest BCUT2D eigenvalue weighted by Crippen LogP contribution is -2.30. The van der Waals surface area contributed by atoms with Gasteiger partial charge in [0.05, 0.1) is 5.69 Å². The van der Waals surface area contributed by atoms with E-state index in [1.165, 1.54) is 5.56 Å². The summed E-state index contributed by atoms with van der Waals surface area (Å²) < 4.78 is 5.54. The minimum atomic E-state index is -0.136. The van der Waals surface area contributed by atoms with Gasteiger partial charge in [0, 0.05) is 17.8 Å². The summed E-state index contributed by atoms with van der Waals surface area (Å²) in [4.78, 5) is 16.3. The molecule has 0 radical (unpaired) electrons. The van der Waals surface area contributed by atoms with Crippen molar-refractivity contribution in [1.82, 2.24) is 5.32 Å². The van der Waals surface area contributed by atoms with E-state index in [-0.39, 0.29) is 12.5 Å². The maximum Gasteiger partial charge on any atom is 0.257 e. The van der Waals surface area contributed by atoms with Crippen molar-refractivity contribution in [2.45, 2.75) is 13.3 Å². The van der Waals surface area contributed by atoms with E-state index >= 15 is 0 Å². The summed E-state index contributed by atoms with van der Waals surface area (Å²) in [6.07, 6.45) is 2.56. The topological polar surface area (TPSA) is 50.7 Å². The molecule has 3 rings (SSSR count). The van der Waals surface area contributed by atoms with E-state index < -0.39 is 0 Å². The number of nitrogens with one attached hydrogen (secondary N) is 1. The van der Waals surface area contributed by atoms with Crippen molar-refractivity contribution in [3.05, 3.63) is 94.5 Å². The summed E-state index contributed by atoms with van der Waals surface area (Å²) >= 11 is 6.12. The third kappa shape index (κ3) is 6.77. The van der Waals surface area contributed by atoms with Crippen LogP contribution in [0.1, 0.15) is 16.7 Å². The number of halogens is 1. The molecule has 148 valence electrons. The van der Waals surface area contributed by atoms with E-state index in [2.05, 4.69) is 10.3 Å². The van der Waals surface area contributed by atoms with Crippen molar-refractivity contribution in [2.75, 3.05) is 13.2 Å². The molecule has 0 fully saturated rings. The van der Waals surface area contributed by atoms with E-state index in [1.807, 2.05) is 79.7 Å².